The van der Waals surface area contributed by atoms with Crippen LogP contribution in [0, 0.1) is 5.41 Å². The van der Waals surface area contributed by atoms with Gasteiger partial charge in [-0.15, -0.1) is 0 Å². The molecular formula is C13H24N2S. The lowest BCUT2D eigenvalue weighted by Gasteiger charge is -2.32. The average Bonchev–Trinajstić information content (AvgIpc) is 2.28. The van der Waals surface area contributed by atoms with Crippen LogP contribution >= 0.6 is 11.8 Å². The number of thioether (sulfide) groups is 1. The molecule has 0 amide bonds. The van der Waals surface area contributed by atoms with Crippen molar-refractivity contribution in [2.75, 3.05) is 12.3 Å². The van der Waals surface area contributed by atoms with Crippen LogP contribution in [0.25, 0.3) is 0 Å². The first-order valence-corrected chi connectivity index (χ1v) is 7.60. The first kappa shape index (κ1) is 12.3. The zero-order valence-corrected chi connectivity index (χ0v) is 11.4. The van der Waals surface area contributed by atoms with E-state index in [9.17, 15) is 0 Å². The maximum absolute atomic E-state index is 4.80. The first-order valence-electron chi connectivity index (χ1n) is 6.62. The molecule has 0 aromatic rings. The largest absolute Gasteiger partial charge is 0.362 e. The third kappa shape index (κ3) is 3.41. The van der Waals surface area contributed by atoms with Crippen LogP contribution in [-0.4, -0.2) is 23.5 Å². The summed E-state index contributed by atoms with van der Waals surface area (Å²) in [6, 6.07) is 0.610. The Morgan fingerprint density at radius 2 is 2.12 bits per heavy atom. The summed E-state index contributed by atoms with van der Waals surface area (Å²) in [6.07, 6.45) is 8.22. The highest BCUT2D eigenvalue weighted by molar-refractivity contribution is 8.13. The first-order chi connectivity index (χ1) is 7.68. The van der Waals surface area contributed by atoms with Gasteiger partial charge in [-0.05, 0) is 31.6 Å². The molecule has 0 spiro atoms. The summed E-state index contributed by atoms with van der Waals surface area (Å²) in [5, 5.41) is 4.67. The molecule has 1 aliphatic heterocycles. The van der Waals surface area contributed by atoms with Gasteiger partial charge in [0.2, 0.25) is 0 Å². The Morgan fingerprint density at radius 3 is 2.81 bits per heavy atom. The van der Waals surface area contributed by atoms with E-state index in [-0.39, 0.29) is 0 Å². The fourth-order valence-electron chi connectivity index (χ4n) is 2.57. The third-order valence-corrected chi connectivity index (χ3v) is 4.78. The van der Waals surface area contributed by atoms with E-state index in [1.54, 1.807) is 0 Å². The molecule has 0 bridgehead atoms. The summed E-state index contributed by atoms with van der Waals surface area (Å²) in [4.78, 5) is 4.80. The summed E-state index contributed by atoms with van der Waals surface area (Å²) in [7, 11) is 0. The second kappa shape index (κ2) is 5.44. The fourth-order valence-corrected chi connectivity index (χ4v) is 3.68. The number of aliphatic imine (C=N–C) groups is 1. The Morgan fingerprint density at radius 1 is 1.38 bits per heavy atom. The molecule has 2 rings (SSSR count). The maximum atomic E-state index is 4.80. The summed E-state index contributed by atoms with van der Waals surface area (Å²) < 4.78 is 0. The van der Waals surface area contributed by atoms with E-state index in [4.69, 9.17) is 4.99 Å². The number of amidine groups is 1. The quantitative estimate of drug-likeness (QED) is 0.799. The lowest BCUT2D eigenvalue weighted by molar-refractivity contribution is 0.227. The number of nitrogens with zero attached hydrogens (tertiary/aromatic N) is 1. The Balaban J connectivity index is 1.86. The Hall–Kier alpha value is -0.180. The van der Waals surface area contributed by atoms with Crippen molar-refractivity contribution >= 4 is 16.9 Å². The highest BCUT2D eigenvalue weighted by atomic mass is 32.2. The van der Waals surface area contributed by atoms with Gasteiger partial charge in [0, 0.05) is 18.3 Å². The summed E-state index contributed by atoms with van der Waals surface area (Å²) in [5.74, 6) is 1.23. The molecule has 1 N–H and O–H groups in total. The molecule has 1 atom stereocenters. The standard InChI is InChI=1S/C13H24N2S/c1-11-6-9-16-12(15-11)14-10-13(2)7-4-3-5-8-13/h11H,3-10H2,1-2H3,(H,14,15). The van der Waals surface area contributed by atoms with E-state index in [1.165, 1.54) is 49.4 Å². The lowest BCUT2D eigenvalue weighted by atomic mass is 9.76. The molecule has 0 radical (unpaired) electrons. The maximum Gasteiger partial charge on any atom is 0.156 e. The average molecular weight is 240 g/mol. The summed E-state index contributed by atoms with van der Waals surface area (Å²) in [6.45, 7) is 5.68. The molecule has 3 heteroatoms. The summed E-state index contributed by atoms with van der Waals surface area (Å²) in [5.41, 5.74) is 0.480. The summed E-state index contributed by atoms with van der Waals surface area (Å²) >= 11 is 1.89. The number of hydrogen-bond acceptors (Lipinski definition) is 2. The molecule has 2 fully saturated rings. The van der Waals surface area contributed by atoms with Gasteiger partial charge in [0.1, 0.15) is 0 Å². The van der Waals surface area contributed by atoms with E-state index in [1.807, 2.05) is 11.8 Å². The minimum absolute atomic E-state index is 0.480. The predicted molar refractivity (Wildman–Crippen MR) is 73.2 cm³/mol. The normalized spacial score (nSPS) is 32.4. The zero-order chi connectivity index (χ0) is 11.4. The van der Waals surface area contributed by atoms with Crippen LogP contribution in [0.1, 0.15) is 52.4 Å². The van der Waals surface area contributed by atoms with Gasteiger partial charge < -0.3 is 5.32 Å². The van der Waals surface area contributed by atoms with E-state index in [0.717, 1.165) is 6.54 Å². The fraction of sp³-hybridized carbons (Fsp3) is 0.923. The van der Waals surface area contributed by atoms with Crippen LogP contribution in [0.5, 0.6) is 0 Å². The van der Waals surface area contributed by atoms with Gasteiger partial charge in [-0.1, -0.05) is 37.9 Å². The molecule has 16 heavy (non-hydrogen) atoms. The lowest BCUT2D eigenvalue weighted by Crippen LogP contribution is -2.36. The van der Waals surface area contributed by atoms with Gasteiger partial charge in [0.25, 0.3) is 0 Å². The van der Waals surface area contributed by atoms with Gasteiger partial charge in [-0.3, -0.25) is 4.99 Å². The third-order valence-electron chi connectivity index (χ3n) is 3.82. The van der Waals surface area contributed by atoms with Crippen molar-refractivity contribution in [1.29, 1.82) is 0 Å². The van der Waals surface area contributed by atoms with Gasteiger partial charge in [0.15, 0.2) is 5.17 Å². The van der Waals surface area contributed by atoms with Crippen molar-refractivity contribution < 1.29 is 0 Å². The topological polar surface area (TPSA) is 24.4 Å². The molecule has 1 saturated carbocycles. The molecule has 92 valence electrons. The van der Waals surface area contributed by atoms with E-state index in [2.05, 4.69) is 19.2 Å². The minimum atomic E-state index is 0.480. The van der Waals surface area contributed by atoms with Crippen LogP contribution in [0.4, 0.5) is 0 Å². The number of nitrogens with one attached hydrogen (secondary N) is 1. The zero-order valence-electron chi connectivity index (χ0n) is 10.6. The molecule has 1 unspecified atom stereocenters. The highest BCUT2D eigenvalue weighted by Crippen LogP contribution is 2.36. The molecule has 1 saturated heterocycles. The Kier molecular flexibility index (Phi) is 4.17. The van der Waals surface area contributed by atoms with E-state index >= 15 is 0 Å². The molecule has 1 aliphatic carbocycles. The molecular weight excluding hydrogens is 216 g/mol. The van der Waals surface area contributed by atoms with Crippen LogP contribution in [-0.2, 0) is 0 Å². The molecule has 0 aromatic heterocycles. The molecule has 1 heterocycles. The van der Waals surface area contributed by atoms with Crippen LogP contribution in [0.2, 0.25) is 0 Å². The molecule has 2 nitrogen and oxygen atoms in total. The monoisotopic (exact) mass is 240 g/mol. The van der Waals surface area contributed by atoms with Gasteiger partial charge in [-0.2, -0.15) is 0 Å². The minimum Gasteiger partial charge on any atom is -0.362 e. The van der Waals surface area contributed by atoms with Gasteiger partial charge >= 0.3 is 0 Å². The van der Waals surface area contributed by atoms with Crippen molar-refractivity contribution in [1.82, 2.24) is 5.32 Å². The van der Waals surface area contributed by atoms with Crippen molar-refractivity contribution in [2.24, 2.45) is 10.4 Å². The van der Waals surface area contributed by atoms with E-state index < -0.39 is 0 Å². The molecule has 2 aliphatic rings. The predicted octanol–water partition coefficient (Wildman–Crippen LogP) is 3.43. The number of rotatable bonds is 2. The van der Waals surface area contributed by atoms with Crippen LogP contribution in [0.3, 0.4) is 0 Å². The van der Waals surface area contributed by atoms with Crippen molar-refractivity contribution in [2.45, 2.75) is 58.4 Å². The Labute approximate surface area is 104 Å². The van der Waals surface area contributed by atoms with Crippen molar-refractivity contribution in [3.8, 4) is 0 Å². The van der Waals surface area contributed by atoms with Crippen molar-refractivity contribution in [3.05, 3.63) is 0 Å². The van der Waals surface area contributed by atoms with E-state index in [0.29, 0.717) is 11.5 Å². The highest BCUT2D eigenvalue weighted by Gasteiger charge is 2.26. The smallest absolute Gasteiger partial charge is 0.156 e. The van der Waals surface area contributed by atoms with Crippen LogP contribution in [0.15, 0.2) is 4.99 Å². The Bertz CT molecular complexity index is 257. The molecule has 0 aromatic carbocycles. The number of hydrogen-bond donors (Lipinski definition) is 1. The second-order valence-corrected chi connectivity index (χ2v) is 6.76. The van der Waals surface area contributed by atoms with Gasteiger partial charge in [-0.25, -0.2) is 0 Å². The van der Waals surface area contributed by atoms with Crippen LogP contribution < -0.4 is 5.32 Å². The second-order valence-electron chi connectivity index (χ2n) is 5.68. The van der Waals surface area contributed by atoms with Gasteiger partial charge in [0.05, 0.1) is 0 Å². The SMILES string of the molecule is CC1CCSC(=NCC2(C)CCCCC2)N1. The van der Waals surface area contributed by atoms with Crippen molar-refractivity contribution in [3.63, 3.8) is 0 Å².